The molecule has 2 fully saturated rings. The first-order chi connectivity index (χ1) is 12.7. The van der Waals surface area contributed by atoms with Gasteiger partial charge in [-0.25, -0.2) is 0 Å². The first-order valence-electron chi connectivity index (χ1n) is 9.44. The van der Waals surface area contributed by atoms with E-state index in [1.54, 1.807) is 7.11 Å². The molecule has 1 amide bonds. The van der Waals surface area contributed by atoms with Crippen molar-refractivity contribution in [2.24, 2.45) is 0 Å². The minimum Gasteiger partial charge on any atom is -0.496 e. The molecule has 0 aliphatic carbocycles. The number of carbonyl (C=O) groups excluding carboxylic acids is 1. The first-order valence-corrected chi connectivity index (χ1v) is 9.44. The van der Waals surface area contributed by atoms with E-state index in [0.29, 0.717) is 12.3 Å². The molecule has 0 bridgehead atoms. The second-order valence-electron chi connectivity index (χ2n) is 7.43. The molecular weight excluding hydrogens is 324 g/mol. The lowest BCUT2D eigenvalue weighted by Crippen LogP contribution is -2.61. The molecule has 2 saturated heterocycles. The highest BCUT2D eigenvalue weighted by Gasteiger charge is 2.46. The molecule has 3 unspecified atom stereocenters. The summed E-state index contributed by atoms with van der Waals surface area (Å²) in [6.07, 6.45) is 3.61. The lowest BCUT2D eigenvalue weighted by atomic mass is 9.71. The molecule has 2 aliphatic rings. The highest BCUT2D eigenvalue weighted by molar-refractivity contribution is 5.78. The van der Waals surface area contributed by atoms with Gasteiger partial charge in [0.1, 0.15) is 5.75 Å². The molecule has 4 rings (SSSR count). The Labute approximate surface area is 155 Å². The topological polar surface area (TPSA) is 50.4 Å². The molecule has 26 heavy (non-hydrogen) atoms. The van der Waals surface area contributed by atoms with Crippen LogP contribution in [0, 0.1) is 0 Å². The maximum absolute atomic E-state index is 12.1. The van der Waals surface area contributed by atoms with E-state index >= 15 is 0 Å². The van der Waals surface area contributed by atoms with E-state index in [-0.39, 0.29) is 17.5 Å². The summed E-state index contributed by atoms with van der Waals surface area (Å²) < 4.78 is 5.56. The Morgan fingerprint density at radius 1 is 1.04 bits per heavy atom. The average molecular weight is 350 g/mol. The molecule has 1 spiro atoms. The summed E-state index contributed by atoms with van der Waals surface area (Å²) in [7, 11) is 1.73. The van der Waals surface area contributed by atoms with E-state index in [1.807, 2.05) is 30.3 Å². The summed E-state index contributed by atoms with van der Waals surface area (Å²) in [6.45, 7) is 0.902. The Hall–Kier alpha value is -2.33. The zero-order chi connectivity index (χ0) is 18.0. The monoisotopic (exact) mass is 350 g/mol. The fraction of sp³-hybridized carbons (Fsp3) is 0.409. The van der Waals surface area contributed by atoms with Crippen molar-refractivity contribution in [3.63, 3.8) is 0 Å². The van der Waals surface area contributed by atoms with Crippen LogP contribution in [0.5, 0.6) is 5.75 Å². The van der Waals surface area contributed by atoms with Gasteiger partial charge in [-0.05, 0) is 36.5 Å². The Morgan fingerprint density at radius 3 is 2.54 bits per heavy atom. The Bertz CT molecular complexity index is 767. The number of piperidine rings is 2. The molecule has 4 heteroatoms. The number of benzene rings is 2. The number of methoxy groups -OCH3 is 1. The van der Waals surface area contributed by atoms with Crippen LogP contribution in [-0.2, 0) is 4.79 Å². The van der Waals surface area contributed by atoms with Crippen molar-refractivity contribution in [3.8, 4) is 5.75 Å². The molecule has 2 aliphatic heterocycles. The highest BCUT2D eigenvalue weighted by atomic mass is 16.5. The summed E-state index contributed by atoms with van der Waals surface area (Å²) >= 11 is 0. The van der Waals surface area contributed by atoms with Crippen molar-refractivity contribution < 1.29 is 9.53 Å². The van der Waals surface area contributed by atoms with E-state index in [1.165, 1.54) is 11.1 Å². The molecule has 0 saturated carbocycles. The Balaban J connectivity index is 1.57. The molecule has 2 aromatic carbocycles. The van der Waals surface area contributed by atoms with Gasteiger partial charge in [0.2, 0.25) is 5.91 Å². The minimum absolute atomic E-state index is 0.0311. The van der Waals surface area contributed by atoms with Gasteiger partial charge in [0, 0.05) is 24.4 Å². The van der Waals surface area contributed by atoms with Crippen molar-refractivity contribution >= 4 is 5.91 Å². The van der Waals surface area contributed by atoms with Crippen molar-refractivity contribution in [2.45, 2.75) is 43.2 Å². The molecule has 4 nitrogen and oxygen atoms in total. The van der Waals surface area contributed by atoms with E-state index in [0.717, 1.165) is 31.6 Å². The molecular formula is C22H26N2O2. The largest absolute Gasteiger partial charge is 0.496 e. The van der Waals surface area contributed by atoms with Crippen LogP contribution in [0.3, 0.4) is 0 Å². The van der Waals surface area contributed by atoms with E-state index in [9.17, 15) is 4.79 Å². The summed E-state index contributed by atoms with van der Waals surface area (Å²) in [5, 5.41) is 7.08. The number of hydrogen-bond donors (Lipinski definition) is 2. The normalized spacial score (nSPS) is 28.6. The smallest absolute Gasteiger partial charge is 0.220 e. The fourth-order valence-corrected chi connectivity index (χ4v) is 4.58. The molecule has 0 aromatic heterocycles. The lowest BCUT2D eigenvalue weighted by molar-refractivity contribution is -0.125. The second kappa shape index (κ2) is 7.12. The maximum Gasteiger partial charge on any atom is 0.220 e. The van der Waals surface area contributed by atoms with Crippen molar-refractivity contribution in [2.75, 3.05) is 13.7 Å². The first kappa shape index (κ1) is 17.1. The molecule has 3 atom stereocenters. The van der Waals surface area contributed by atoms with E-state index < -0.39 is 0 Å². The van der Waals surface area contributed by atoms with Crippen LogP contribution < -0.4 is 15.4 Å². The van der Waals surface area contributed by atoms with Gasteiger partial charge >= 0.3 is 0 Å². The maximum atomic E-state index is 12.1. The van der Waals surface area contributed by atoms with Gasteiger partial charge < -0.3 is 15.4 Å². The zero-order valence-corrected chi connectivity index (χ0v) is 15.2. The third kappa shape index (κ3) is 3.10. The van der Waals surface area contributed by atoms with Crippen LogP contribution in [-0.4, -0.2) is 25.1 Å². The van der Waals surface area contributed by atoms with Crippen LogP contribution in [0.1, 0.15) is 48.8 Å². The summed E-state index contributed by atoms with van der Waals surface area (Å²) in [4.78, 5) is 12.1. The predicted molar refractivity (Wildman–Crippen MR) is 102 cm³/mol. The number of nitrogens with one attached hydrogen (secondary N) is 2. The van der Waals surface area contributed by atoms with Crippen LogP contribution in [0.15, 0.2) is 54.6 Å². The van der Waals surface area contributed by atoms with E-state index in [4.69, 9.17) is 4.74 Å². The van der Waals surface area contributed by atoms with Gasteiger partial charge in [-0.15, -0.1) is 0 Å². The summed E-state index contributed by atoms with van der Waals surface area (Å²) in [6, 6.07) is 18.7. The zero-order valence-electron chi connectivity index (χ0n) is 15.2. The van der Waals surface area contributed by atoms with Crippen molar-refractivity contribution in [3.05, 3.63) is 65.7 Å². The van der Waals surface area contributed by atoms with Gasteiger partial charge in [-0.3, -0.25) is 4.79 Å². The quantitative estimate of drug-likeness (QED) is 0.890. The lowest BCUT2D eigenvalue weighted by Gasteiger charge is -2.49. The summed E-state index contributed by atoms with van der Waals surface area (Å²) in [5.41, 5.74) is 2.39. The number of hydrogen-bond acceptors (Lipinski definition) is 3. The Kier molecular flexibility index (Phi) is 4.68. The predicted octanol–water partition coefficient (Wildman–Crippen LogP) is 3.55. The minimum atomic E-state index is -0.0617. The van der Waals surface area contributed by atoms with Crippen LogP contribution in [0.25, 0.3) is 0 Å². The SMILES string of the molecule is COc1ccccc1C1CCC2(CCC(=O)NC2c2ccccc2)NC1. The molecule has 2 aromatic rings. The third-order valence-electron chi connectivity index (χ3n) is 6.01. The van der Waals surface area contributed by atoms with Crippen LogP contribution in [0.2, 0.25) is 0 Å². The highest BCUT2D eigenvalue weighted by Crippen LogP contribution is 2.43. The summed E-state index contributed by atoms with van der Waals surface area (Å²) in [5.74, 6) is 1.55. The third-order valence-corrected chi connectivity index (χ3v) is 6.01. The molecule has 136 valence electrons. The van der Waals surface area contributed by atoms with Gasteiger partial charge in [0.05, 0.1) is 13.2 Å². The standard InChI is InChI=1S/C22H26N2O2/c1-26-19-10-6-5-9-18(19)17-11-13-22(23-15-17)14-12-20(25)24-21(22)16-7-3-2-4-8-16/h2-10,17,21,23H,11-15H2,1H3,(H,24,25). The van der Waals surface area contributed by atoms with Gasteiger partial charge in [0.25, 0.3) is 0 Å². The van der Waals surface area contributed by atoms with Crippen molar-refractivity contribution in [1.82, 2.24) is 10.6 Å². The molecule has 2 N–H and O–H groups in total. The van der Waals surface area contributed by atoms with Crippen molar-refractivity contribution in [1.29, 1.82) is 0 Å². The number of rotatable bonds is 3. The number of para-hydroxylation sites is 1. The van der Waals surface area contributed by atoms with E-state index in [2.05, 4.69) is 34.9 Å². The van der Waals surface area contributed by atoms with Crippen LogP contribution >= 0.6 is 0 Å². The average Bonchev–Trinajstić information content (AvgIpc) is 2.71. The Morgan fingerprint density at radius 2 is 1.81 bits per heavy atom. The van der Waals surface area contributed by atoms with Gasteiger partial charge in [-0.1, -0.05) is 48.5 Å². The van der Waals surface area contributed by atoms with Gasteiger partial charge in [0.15, 0.2) is 0 Å². The molecule has 0 radical (unpaired) electrons. The van der Waals surface area contributed by atoms with Gasteiger partial charge in [-0.2, -0.15) is 0 Å². The number of ether oxygens (including phenoxy) is 1. The molecule has 2 heterocycles. The second-order valence-corrected chi connectivity index (χ2v) is 7.43. The fourth-order valence-electron chi connectivity index (χ4n) is 4.58. The number of amides is 1. The number of carbonyl (C=O) groups is 1. The van der Waals surface area contributed by atoms with Crippen LogP contribution in [0.4, 0.5) is 0 Å².